The van der Waals surface area contributed by atoms with Crippen molar-refractivity contribution in [2.75, 3.05) is 7.11 Å². The van der Waals surface area contributed by atoms with Gasteiger partial charge in [0.1, 0.15) is 5.92 Å². The van der Waals surface area contributed by atoms with Crippen molar-refractivity contribution in [1.82, 2.24) is 5.32 Å². The Morgan fingerprint density at radius 1 is 1.18 bits per heavy atom. The predicted octanol–water partition coefficient (Wildman–Crippen LogP) is 2.41. The highest BCUT2D eigenvalue weighted by Gasteiger charge is 2.54. The molecular formula is C18H23NO3. The first-order valence-corrected chi connectivity index (χ1v) is 7.93. The maximum absolute atomic E-state index is 13.0. The third-order valence-electron chi connectivity index (χ3n) is 5.22. The Bertz CT molecular complexity index is 615. The summed E-state index contributed by atoms with van der Waals surface area (Å²) in [5, 5.41) is 3.01. The quantitative estimate of drug-likeness (QED) is 0.854. The molecule has 2 fully saturated rings. The summed E-state index contributed by atoms with van der Waals surface area (Å²) in [6.45, 7) is 3.95. The molecule has 1 aromatic rings. The molecule has 0 unspecified atom stereocenters. The summed E-state index contributed by atoms with van der Waals surface area (Å²) in [5.74, 6) is -0.755. The molecule has 1 aliphatic heterocycles. The van der Waals surface area contributed by atoms with E-state index >= 15 is 0 Å². The summed E-state index contributed by atoms with van der Waals surface area (Å²) < 4.78 is 5.38. The molecular weight excluding hydrogens is 278 g/mol. The van der Waals surface area contributed by atoms with E-state index in [4.69, 9.17) is 4.74 Å². The summed E-state index contributed by atoms with van der Waals surface area (Å²) in [6, 6.07) is 5.96. The zero-order chi connectivity index (χ0) is 15.9. The van der Waals surface area contributed by atoms with E-state index in [0.717, 1.165) is 29.5 Å². The highest BCUT2D eigenvalue weighted by Crippen LogP contribution is 2.40. The lowest BCUT2D eigenvalue weighted by molar-refractivity contribution is -0.126. The first kappa shape index (κ1) is 15.2. The Morgan fingerprint density at radius 3 is 2.50 bits per heavy atom. The summed E-state index contributed by atoms with van der Waals surface area (Å²) in [7, 11) is 1.70. The number of amides is 1. The molecule has 3 rings (SSSR count). The van der Waals surface area contributed by atoms with Gasteiger partial charge in [0.05, 0.1) is 11.6 Å². The molecule has 1 saturated carbocycles. The minimum Gasteiger partial charge on any atom is -0.381 e. The Balaban J connectivity index is 1.91. The van der Waals surface area contributed by atoms with E-state index in [1.807, 2.05) is 32.0 Å². The van der Waals surface area contributed by atoms with E-state index in [1.54, 1.807) is 7.11 Å². The van der Waals surface area contributed by atoms with Crippen LogP contribution >= 0.6 is 0 Å². The van der Waals surface area contributed by atoms with Crippen molar-refractivity contribution in [2.24, 2.45) is 0 Å². The van der Waals surface area contributed by atoms with Gasteiger partial charge in [0.2, 0.25) is 5.91 Å². The van der Waals surface area contributed by atoms with Crippen LogP contribution < -0.4 is 5.32 Å². The zero-order valence-electron chi connectivity index (χ0n) is 13.4. The minimum atomic E-state index is -0.674. The van der Waals surface area contributed by atoms with E-state index < -0.39 is 11.5 Å². The summed E-state index contributed by atoms with van der Waals surface area (Å²) in [4.78, 5) is 25.5. The second kappa shape index (κ2) is 5.51. The van der Waals surface area contributed by atoms with Crippen LogP contribution in [0.1, 0.15) is 48.3 Å². The largest absolute Gasteiger partial charge is 0.381 e. The number of methoxy groups -OCH3 is 1. The number of carbonyl (C=O) groups excluding carboxylic acids is 2. The Kier molecular flexibility index (Phi) is 3.81. The van der Waals surface area contributed by atoms with Gasteiger partial charge in [-0.25, -0.2) is 0 Å². The number of carbonyl (C=O) groups is 2. The first-order valence-electron chi connectivity index (χ1n) is 7.93. The lowest BCUT2D eigenvalue weighted by Gasteiger charge is -2.35. The van der Waals surface area contributed by atoms with E-state index in [1.165, 1.54) is 0 Å². The molecule has 2 aliphatic rings. The molecule has 1 heterocycles. The van der Waals surface area contributed by atoms with Crippen LogP contribution in [-0.4, -0.2) is 30.4 Å². The minimum absolute atomic E-state index is 0.0424. The van der Waals surface area contributed by atoms with Gasteiger partial charge >= 0.3 is 0 Å². The van der Waals surface area contributed by atoms with Crippen LogP contribution in [0.2, 0.25) is 0 Å². The van der Waals surface area contributed by atoms with E-state index in [9.17, 15) is 9.59 Å². The van der Waals surface area contributed by atoms with Crippen LogP contribution in [0, 0.1) is 13.8 Å². The van der Waals surface area contributed by atoms with Gasteiger partial charge < -0.3 is 10.1 Å². The number of nitrogens with one attached hydrogen (secondary N) is 1. The second-order valence-corrected chi connectivity index (χ2v) is 6.66. The molecule has 1 aromatic carbocycles. The van der Waals surface area contributed by atoms with Gasteiger partial charge in [0, 0.05) is 7.11 Å². The number of ketones is 1. The molecule has 4 heteroatoms. The van der Waals surface area contributed by atoms with Crippen molar-refractivity contribution in [3.05, 3.63) is 34.9 Å². The molecule has 0 radical (unpaired) electrons. The van der Waals surface area contributed by atoms with E-state index in [-0.39, 0.29) is 17.8 Å². The van der Waals surface area contributed by atoms with Crippen molar-refractivity contribution in [3.8, 4) is 0 Å². The standard InChI is InChI=1S/C18H23NO3/c1-11-4-5-12(2)14(10-11)15-16(20)18(19-17(15)21)8-6-13(22-3)7-9-18/h4-5,10,13,15H,6-9H2,1-3H3,(H,19,21)/t13?,15-,18?/m1/s1. The van der Waals surface area contributed by atoms with Crippen molar-refractivity contribution in [2.45, 2.75) is 57.1 Å². The molecule has 1 N–H and O–H groups in total. The average Bonchev–Trinajstić information content (AvgIpc) is 2.74. The molecule has 1 aliphatic carbocycles. The van der Waals surface area contributed by atoms with Gasteiger partial charge in [-0.05, 0) is 50.7 Å². The van der Waals surface area contributed by atoms with Crippen LogP contribution in [0.4, 0.5) is 0 Å². The fourth-order valence-corrected chi connectivity index (χ4v) is 3.81. The number of aryl methyl sites for hydroxylation is 2. The van der Waals surface area contributed by atoms with Crippen LogP contribution in [0.15, 0.2) is 18.2 Å². The molecule has 118 valence electrons. The van der Waals surface area contributed by atoms with Crippen molar-refractivity contribution < 1.29 is 14.3 Å². The maximum atomic E-state index is 13.0. The molecule has 1 amide bonds. The van der Waals surface area contributed by atoms with Gasteiger partial charge in [0.15, 0.2) is 5.78 Å². The molecule has 22 heavy (non-hydrogen) atoms. The normalized spacial score (nSPS) is 31.6. The number of benzene rings is 1. The van der Waals surface area contributed by atoms with Crippen molar-refractivity contribution >= 4 is 11.7 Å². The highest BCUT2D eigenvalue weighted by atomic mass is 16.5. The summed E-state index contributed by atoms with van der Waals surface area (Å²) >= 11 is 0. The van der Waals surface area contributed by atoms with Gasteiger partial charge in [-0.3, -0.25) is 9.59 Å². The fourth-order valence-electron chi connectivity index (χ4n) is 3.81. The van der Waals surface area contributed by atoms with Crippen molar-refractivity contribution in [3.63, 3.8) is 0 Å². The molecule has 0 aromatic heterocycles. The van der Waals surface area contributed by atoms with E-state index in [2.05, 4.69) is 5.32 Å². The van der Waals surface area contributed by atoms with Gasteiger partial charge in [-0.1, -0.05) is 23.8 Å². The smallest absolute Gasteiger partial charge is 0.235 e. The van der Waals surface area contributed by atoms with Crippen LogP contribution in [0.3, 0.4) is 0 Å². The summed E-state index contributed by atoms with van der Waals surface area (Å²) in [6.07, 6.45) is 3.20. The number of ether oxygens (including phenoxy) is 1. The average molecular weight is 301 g/mol. The third-order valence-corrected chi connectivity index (χ3v) is 5.22. The second-order valence-electron chi connectivity index (χ2n) is 6.66. The first-order chi connectivity index (χ1) is 10.5. The predicted molar refractivity (Wildman–Crippen MR) is 83.8 cm³/mol. The monoisotopic (exact) mass is 301 g/mol. The van der Waals surface area contributed by atoms with Gasteiger partial charge in [0.25, 0.3) is 0 Å². The number of rotatable bonds is 2. The van der Waals surface area contributed by atoms with Crippen molar-refractivity contribution in [1.29, 1.82) is 0 Å². The van der Waals surface area contributed by atoms with Gasteiger partial charge in [-0.15, -0.1) is 0 Å². The van der Waals surface area contributed by atoms with E-state index in [0.29, 0.717) is 12.8 Å². The number of hydrogen-bond acceptors (Lipinski definition) is 3. The van der Waals surface area contributed by atoms with Crippen LogP contribution in [-0.2, 0) is 14.3 Å². The van der Waals surface area contributed by atoms with Gasteiger partial charge in [-0.2, -0.15) is 0 Å². The topological polar surface area (TPSA) is 55.4 Å². The fraction of sp³-hybridized carbons (Fsp3) is 0.556. The lowest BCUT2D eigenvalue weighted by atomic mass is 9.75. The lowest BCUT2D eigenvalue weighted by Crippen LogP contribution is -2.50. The maximum Gasteiger partial charge on any atom is 0.235 e. The summed E-state index contributed by atoms with van der Waals surface area (Å²) in [5.41, 5.74) is 2.26. The Labute approximate surface area is 131 Å². The molecule has 1 atom stereocenters. The van der Waals surface area contributed by atoms with Crippen LogP contribution in [0.25, 0.3) is 0 Å². The molecule has 1 saturated heterocycles. The molecule has 1 spiro atoms. The zero-order valence-corrected chi connectivity index (χ0v) is 13.4. The highest BCUT2D eigenvalue weighted by molar-refractivity contribution is 6.17. The Morgan fingerprint density at radius 2 is 1.86 bits per heavy atom. The number of Topliss-reactive ketones (excluding diaryl/α,β-unsaturated/α-hetero) is 1. The van der Waals surface area contributed by atoms with Crippen LogP contribution in [0.5, 0.6) is 0 Å². The molecule has 0 bridgehead atoms. The molecule has 4 nitrogen and oxygen atoms in total. The Hall–Kier alpha value is -1.68. The third kappa shape index (κ3) is 2.35. The number of hydrogen-bond donors (Lipinski definition) is 1. The SMILES string of the molecule is COC1CCC2(CC1)NC(=O)[C@H](c1cc(C)ccc1C)C2=O.